The van der Waals surface area contributed by atoms with Gasteiger partial charge in [0.25, 0.3) is 0 Å². The zero-order valence-corrected chi connectivity index (χ0v) is 9.82. The Morgan fingerprint density at radius 2 is 2.14 bits per heavy atom. The van der Waals surface area contributed by atoms with Gasteiger partial charge in [0.2, 0.25) is 0 Å². The van der Waals surface area contributed by atoms with E-state index in [-0.39, 0.29) is 12.4 Å². The smallest absolute Gasteiger partial charge is 0.312 e. The first-order valence-electron chi connectivity index (χ1n) is 4.63. The molecule has 0 atom stereocenters. The van der Waals surface area contributed by atoms with Crippen LogP contribution >= 0.6 is 12.2 Å². The number of hydrogen-bond donors (Lipinski definition) is 1. The Balaban J connectivity index is 3.50. The maximum Gasteiger partial charge on any atom is 0.312 e. The lowest BCUT2D eigenvalue weighted by Gasteiger charge is -2.11. The van der Waals surface area contributed by atoms with Crippen LogP contribution in [0.4, 0.5) is 0 Å². The van der Waals surface area contributed by atoms with Crippen molar-refractivity contribution in [1.29, 1.82) is 0 Å². The Bertz CT molecular complexity index is 195. The van der Waals surface area contributed by atoms with Crippen molar-refractivity contribution in [2.45, 2.75) is 13.3 Å². The minimum atomic E-state index is -0.269. The SMILES string of the molecule is CCOC(=O)CC(=S)NCCN(C)C. The van der Waals surface area contributed by atoms with Gasteiger partial charge in [-0.2, -0.15) is 0 Å². The molecule has 14 heavy (non-hydrogen) atoms. The van der Waals surface area contributed by atoms with Gasteiger partial charge in [-0.05, 0) is 21.0 Å². The molecule has 82 valence electrons. The highest BCUT2D eigenvalue weighted by atomic mass is 32.1. The molecular formula is C9H18N2O2S. The fraction of sp³-hybridized carbons (Fsp3) is 0.778. The third-order valence-corrected chi connectivity index (χ3v) is 1.78. The molecule has 0 amide bonds. The van der Waals surface area contributed by atoms with Gasteiger partial charge in [0.15, 0.2) is 0 Å². The van der Waals surface area contributed by atoms with Crippen LogP contribution in [-0.2, 0) is 9.53 Å². The maximum atomic E-state index is 11.0. The predicted molar refractivity (Wildman–Crippen MR) is 60.4 cm³/mol. The fourth-order valence-corrected chi connectivity index (χ4v) is 1.04. The van der Waals surface area contributed by atoms with E-state index in [1.54, 1.807) is 6.92 Å². The first-order valence-corrected chi connectivity index (χ1v) is 5.04. The molecule has 0 radical (unpaired) electrons. The monoisotopic (exact) mass is 218 g/mol. The largest absolute Gasteiger partial charge is 0.466 e. The molecule has 1 N–H and O–H groups in total. The highest BCUT2D eigenvalue weighted by molar-refractivity contribution is 7.80. The lowest BCUT2D eigenvalue weighted by molar-refractivity contribution is -0.141. The van der Waals surface area contributed by atoms with Gasteiger partial charge in [0.1, 0.15) is 0 Å². The number of nitrogens with zero attached hydrogens (tertiary/aromatic N) is 1. The molecule has 0 aromatic heterocycles. The molecule has 0 aliphatic rings. The first kappa shape index (κ1) is 13.3. The average Bonchev–Trinajstić information content (AvgIpc) is 2.03. The maximum absolute atomic E-state index is 11.0. The molecule has 4 nitrogen and oxygen atoms in total. The number of carbonyl (C=O) groups is 1. The van der Waals surface area contributed by atoms with Crippen LogP contribution < -0.4 is 5.32 Å². The second-order valence-electron chi connectivity index (χ2n) is 3.14. The summed E-state index contributed by atoms with van der Waals surface area (Å²) in [5.41, 5.74) is 0. The molecule has 0 aromatic carbocycles. The van der Waals surface area contributed by atoms with Crippen LogP contribution in [0, 0.1) is 0 Å². The van der Waals surface area contributed by atoms with E-state index in [4.69, 9.17) is 17.0 Å². The summed E-state index contributed by atoms with van der Waals surface area (Å²) in [6.07, 6.45) is 0.177. The van der Waals surface area contributed by atoms with E-state index >= 15 is 0 Å². The number of rotatable bonds is 6. The molecule has 0 bridgehead atoms. The third kappa shape index (κ3) is 7.94. The topological polar surface area (TPSA) is 41.6 Å². The number of esters is 1. The molecule has 0 fully saturated rings. The second kappa shape index (κ2) is 7.70. The molecule has 0 heterocycles. The van der Waals surface area contributed by atoms with E-state index in [2.05, 4.69) is 5.32 Å². The number of nitrogens with one attached hydrogen (secondary N) is 1. The highest BCUT2D eigenvalue weighted by Crippen LogP contribution is 1.88. The zero-order valence-electron chi connectivity index (χ0n) is 9.00. The molecule has 0 aromatic rings. The van der Waals surface area contributed by atoms with Crippen LogP contribution in [0.15, 0.2) is 0 Å². The lowest BCUT2D eigenvalue weighted by atomic mass is 10.4. The van der Waals surface area contributed by atoms with Gasteiger partial charge in [0, 0.05) is 13.1 Å². The number of thiocarbonyl (C=S) groups is 1. The molecule has 0 unspecified atom stereocenters. The van der Waals surface area contributed by atoms with Crippen LogP contribution in [0.2, 0.25) is 0 Å². The summed E-state index contributed by atoms with van der Waals surface area (Å²) in [6, 6.07) is 0. The van der Waals surface area contributed by atoms with E-state index in [9.17, 15) is 4.79 Å². The van der Waals surface area contributed by atoms with Crippen molar-refractivity contribution in [2.75, 3.05) is 33.8 Å². The molecule has 0 aliphatic heterocycles. The average molecular weight is 218 g/mol. The Labute approximate surface area is 90.6 Å². The summed E-state index contributed by atoms with van der Waals surface area (Å²) in [6.45, 7) is 3.83. The quantitative estimate of drug-likeness (QED) is 0.517. The number of carbonyl (C=O) groups excluding carboxylic acids is 1. The van der Waals surface area contributed by atoms with E-state index in [0.29, 0.717) is 11.6 Å². The van der Waals surface area contributed by atoms with E-state index in [1.165, 1.54) is 0 Å². The van der Waals surface area contributed by atoms with Crippen molar-refractivity contribution < 1.29 is 9.53 Å². The minimum Gasteiger partial charge on any atom is -0.466 e. The summed E-state index contributed by atoms with van der Waals surface area (Å²) >= 11 is 4.97. The first-order chi connectivity index (χ1) is 6.56. The van der Waals surface area contributed by atoms with Crippen molar-refractivity contribution in [1.82, 2.24) is 10.2 Å². The van der Waals surface area contributed by atoms with Gasteiger partial charge in [-0.3, -0.25) is 4.79 Å². The second-order valence-corrected chi connectivity index (χ2v) is 3.63. The molecule has 0 aliphatic carbocycles. The van der Waals surface area contributed by atoms with Crippen molar-refractivity contribution in [3.8, 4) is 0 Å². The number of likely N-dealkylation sites (N-methyl/N-ethyl adjacent to an activating group) is 1. The minimum absolute atomic E-state index is 0.177. The Morgan fingerprint density at radius 3 is 2.64 bits per heavy atom. The van der Waals surface area contributed by atoms with Gasteiger partial charge >= 0.3 is 5.97 Å². The van der Waals surface area contributed by atoms with Crippen LogP contribution in [0.25, 0.3) is 0 Å². The van der Waals surface area contributed by atoms with Crippen LogP contribution in [0.3, 0.4) is 0 Å². The van der Waals surface area contributed by atoms with Gasteiger partial charge in [-0.1, -0.05) is 12.2 Å². The molecule has 0 saturated carbocycles. The van der Waals surface area contributed by atoms with E-state index < -0.39 is 0 Å². The summed E-state index contributed by atoms with van der Waals surface area (Å²) < 4.78 is 4.76. The lowest BCUT2D eigenvalue weighted by Crippen LogP contribution is -2.31. The zero-order chi connectivity index (χ0) is 11.0. The van der Waals surface area contributed by atoms with Crippen LogP contribution in [-0.4, -0.2) is 49.6 Å². The van der Waals surface area contributed by atoms with Crippen LogP contribution in [0.5, 0.6) is 0 Å². The Kier molecular flexibility index (Phi) is 7.32. The Morgan fingerprint density at radius 1 is 1.50 bits per heavy atom. The molecule has 0 rings (SSSR count). The predicted octanol–water partition coefficient (Wildman–Crippen LogP) is 0.418. The van der Waals surface area contributed by atoms with E-state index in [1.807, 2.05) is 19.0 Å². The van der Waals surface area contributed by atoms with Crippen LogP contribution in [0.1, 0.15) is 13.3 Å². The normalized spacial score (nSPS) is 10.0. The fourth-order valence-electron chi connectivity index (χ4n) is 0.825. The summed E-state index contributed by atoms with van der Waals surface area (Å²) in [7, 11) is 3.96. The van der Waals surface area contributed by atoms with Crippen molar-refractivity contribution in [3.05, 3.63) is 0 Å². The van der Waals surface area contributed by atoms with Gasteiger partial charge in [0.05, 0.1) is 18.0 Å². The standard InChI is InChI=1S/C9H18N2O2S/c1-4-13-9(12)7-8(14)10-5-6-11(2)3/h4-7H2,1-3H3,(H,10,14). The van der Waals surface area contributed by atoms with Crippen molar-refractivity contribution in [3.63, 3.8) is 0 Å². The molecule has 5 heteroatoms. The third-order valence-electron chi connectivity index (χ3n) is 1.49. The molecular weight excluding hydrogens is 200 g/mol. The highest BCUT2D eigenvalue weighted by Gasteiger charge is 2.05. The van der Waals surface area contributed by atoms with Crippen molar-refractivity contribution in [2.24, 2.45) is 0 Å². The van der Waals surface area contributed by atoms with Gasteiger partial charge < -0.3 is 15.0 Å². The Hall–Kier alpha value is -0.680. The number of hydrogen-bond acceptors (Lipinski definition) is 4. The van der Waals surface area contributed by atoms with Crippen molar-refractivity contribution >= 4 is 23.2 Å². The number of ether oxygens (including phenoxy) is 1. The summed E-state index contributed by atoms with van der Waals surface area (Å²) in [5.74, 6) is -0.269. The summed E-state index contributed by atoms with van der Waals surface area (Å²) in [4.78, 5) is 13.6. The summed E-state index contributed by atoms with van der Waals surface area (Å²) in [5, 5.41) is 2.99. The van der Waals surface area contributed by atoms with E-state index in [0.717, 1.165) is 13.1 Å². The van der Waals surface area contributed by atoms with Gasteiger partial charge in [-0.15, -0.1) is 0 Å². The molecule has 0 saturated heterocycles. The van der Waals surface area contributed by atoms with Gasteiger partial charge in [-0.25, -0.2) is 0 Å². The molecule has 0 spiro atoms.